The molecule has 53 heavy (non-hydrogen) atoms. The first-order valence-electron chi connectivity index (χ1n) is 21.2. The zero-order valence-corrected chi connectivity index (χ0v) is 36.9. The quantitative estimate of drug-likeness (QED) is 0.0648. The molecule has 0 saturated carbocycles. The molecule has 9 nitrogen and oxygen atoms in total. The van der Waals surface area contributed by atoms with Crippen molar-refractivity contribution in [2.24, 2.45) is 0 Å². The molecule has 11 heteroatoms. The van der Waals surface area contributed by atoms with Crippen LogP contribution < -0.4 is 28.0 Å². The zero-order valence-electron chi connectivity index (χ0n) is 35.4. The third-order valence-corrected chi connectivity index (χ3v) is 10.7. The van der Waals surface area contributed by atoms with Crippen molar-refractivity contribution in [3.05, 3.63) is 35.9 Å². The summed E-state index contributed by atoms with van der Waals surface area (Å²) >= 11 is 0. The molecule has 0 bridgehead atoms. The minimum absolute atomic E-state index is 0.990. The molecule has 0 aliphatic carbocycles. The van der Waals surface area contributed by atoms with Crippen molar-refractivity contribution in [2.75, 3.05) is 47.3 Å². The van der Waals surface area contributed by atoms with Gasteiger partial charge in [0.05, 0.1) is 47.3 Å². The van der Waals surface area contributed by atoms with Crippen LogP contribution in [0, 0.1) is 20.5 Å². The summed E-state index contributed by atoms with van der Waals surface area (Å²) in [5, 5.41) is 0. The number of benzene rings is 1. The summed E-state index contributed by atoms with van der Waals surface area (Å²) in [5.41, 5.74) is 1.40. The van der Waals surface area contributed by atoms with Crippen molar-refractivity contribution >= 4 is 0 Å². The molecule has 0 amide bonds. The number of hydrogen-bond acceptors (Lipinski definition) is 7. The monoisotopic (exact) mass is 799 g/mol. The number of halogens is 2. The fraction of sp³-hybridized carbons (Fsp3) is 0.857. The van der Waals surface area contributed by atoms with E-state index in [0.717, 1.165) is 11.0 Å². The van der Waals surface area contributed by atoms with Crippen LogP contribution in [0.1, 0.15) is 187 Å². The lowest BCUT2D eigenvalue weighted by Gasteiger charge is -2.40. The number of nitrogens with zero attached hydrogens (tertiary/aromatic N) is 2. The van der Waals surface area contributed by atoms with Gasteiger partial charge in [-0.2, -0.15) is 28.0 Å². The van der Waals surface area contributed by atoms with E-state index in [4.69, 9.17) is 0 Å². The van der Waals surface area contributed by atoms with E-state index in [9.17, 15) is 28.0 Å². The van der Waals surface area contributed by atoms with E-state index in [-0.39, 0.29) is 0 Å². The molecule has 316 valence electrons. The molecule has 0 aliphatic rings. The molecule has 0 fully saturated rings. The predicted octanol–water partition coefficient (Wildman–Crippen LogP) is 5.94. The van der Waals surface area contributed by atoms with Gasteiger partial charge in [-0.3, -0.25) is 0 Å². The normalized spacial score (nSPS) is 12.2. The summed E-state index contributed by atoms with van der Waals surface area (Å²) in [4.78, 5) is 0. The summed E-state index contributed by atoms with van der Waals surface area (Å²) < 4.78 is 60.4. The average Bonchev–Trinajstić information content (AvgIpc) is 3.06. The first-order chi connectivity index (χ1) is 25.0. The number of rotatable bonds is 32. The summed E-state index contributed by atoms with van der Waals surface area (Å²) in [7, 11) is -3.77. The number of unbranched alkanes of at least 4 members (excludes halogenated alkanes) is 20. The van der Waals surface area contributed by atoms with E-state index in [2.05, 4.69) is 83.0 Å². The summed E-state index contributed by atoms with van der Waals surface area (Å²) in [6, 6.07) is 10.6. The molecule has 0 atom stereocenters. The lowest BCUT2D eigenvalue weighted by atomic mass is 10.0. The van der Waals surface area contributed by atoms with Gasteiger partial charge in [0.15, 0.2) is 0 Å². The van der Waals surface area contributed by atoms with Gasteiger partial charge in [0.1, 0.15) is 6.54 Å². The van der Waals surface area contributed by atoms with Gasteiger partial charge in [-0.05, 0) is 51.4 Å². The minimum Gasteiger partial charge on any atom is -0.327 e. The van der Waals surface area contributed by atoms with E-state index in [0.29, 0.717) is 0 Å². The van der Waals surface area contributed by atoms with Crippen molar-refractivity contribution in [1.82, 2.24) is 0 Å². The van der Waals surface area contributed by atoms with Crippen LogP contribution in [-0.2, 0) is 10.4 Å². The van der Waals surface area contributed by atoms with Gasteiger partial charge >= 0.3 is 3.84 Å². The number of quaternary nitrogens is 2. The highest BCUT2D eigenvalue weighted by atomic mass is 35.7. The Labute approximate surface area is 331 Å². The Morgan fingerprint density at radius 1 is 0.415 bits per heavy atom. The molecule has 0 unspecified atom stereocenters. The van der Waals surface area contributed by atoms with Gasteiger partial charge in [0.25, 0.3) is 0 Å². The standard InChI is InChI=1S/C32H68N.C10H16N.Cl2O7/c1-5-9-13-17-21-25-29-33(30-26-22-18-14-10-6-2,31-27-23-19-15-11-7-3)32-28-24-20-16-12-8-4;1-11(2,3)9-10-7-5-4-6-8-10;3-1(4,5)9-2(6,7)8/h5-32H2,1-4H3;4-8H,9H2,1-3H3;/q2*+1;. The fourth-order valence-corrected chi connectivity index (χ4v) is 7.50. The second kappa shape index (κ2) is 34.7. The molecule has 0 saturated heterocycles. The van der Waals surface area contributed by atoms with Crippen LogP contribution in [0.25, 0.3) is 0 Å². The van der Waals surface area contributed by atoms with Gasteiger partial charge in [-0.15, -0.1) is 0 Å². The topological polar surface area (TPSA) is 148 Å². The molecule has 0 aromatic heterocycles. The van der Waals surface area contributed by atoms with Crippen LogP contribution in [0.5, 0.6) is 0 Å². The predicted molar refractivity (Wildman–Crippen MR) is 202 cm³/mol. The van der Waals surface area contributed by atoms with E-state index in [1.807, 2.05) is 0 Å². The average molecular weight is 800 g/mol. The van der Waals surface area contributed by atoms with Gasteiger partial charge in [-0.25, -0.2) is 0 Å². The minimum atomic E-state index is -5.19. The van der Waals surface area contributed by atoms with Crippen molar-refractivity contribution in [2.45, 2.75) is 188 Å². The van der Waals surface area contributed by atoms with Gasteiger partial charge in [0.2, 0.25) is 20.5 Å². The molecule has 0 N–H and O–H groups in total. The Hall–Kier alpha value is -0.560. The first-order valence-corrected chi connectivity index (χ1v) is 23.7. The molecule has 1 rings (SSSR count). The number of hydrogen-bond donors (Lipinski definition) is 0. The maximum absolute atomic E-state index is 9.26. The molecular weight excluding hydrogens is 715 g/mol. The molecule has 0 heterocycles. The largest absolute Gasteiger partial charge is 0.517 e. The fourth-order valence-electron chi connectivity index (χ4n) is 6.80. The summed E-state index contributed by atoms with van der Waals surface area (Å²) in [5.74, 6) is 0. The summed E-state index contributed by atoms with van der Waals surface area (Å²) in [6.45, 7) is 16.4. The maximum atomic E-state index is 9.26. The van der Waals surface area contributed by atoms with Gasteiger partial charge in [-0.1, -0.05) is 161 Å². The van der Waals surface area contributed by atoms with E-state index >= 15 is 0 Å². The Morgan fingerprint density at radius 3 is 0.906 bits per heavy atom. The van der Waals surface area contributed by atoms with Crippen molar-refractivity contribution in [1.29, 1.82) is 0 Å². The second-order valence-electron chi connectivity index (χ2n) is 16.1. The van der Waals surface area contributed by atoms with E-state index in [1.54, 1.807) is 0 Å². The van der Waals surface area contributed by atoms with Crippen LogP contribution in [0.15, 0.2) is 30.3 Å². The SMILES string of the molecule is CCCCCCCC[N+](CCCCCCCC)(CCCCCCCC)CCCCCCCC.C[N+](C)(C)Cc1ccccc1.[O-][Cl+3]([O-])([O-])O[Cl+3]([O-])([O-])[O-]. The van der Waals surface area contributed by atoms with Crippen LogP contribution in [0.4, 0.5) is 0 Å². The van der Waals surface area contributed by atoms with E-state index < -0.39 is 20.5 Å². The summed E-state index contributed by atoms with van der Waals surface area (Å²) in [6.07, 6.45) is 34.8. The highest BCUT2D eigenvalue weighted by Gasteiger charge is 2.44. The van der Waals surface area contributed by atoms with Gasteiger partial charge < -0.3 is 8.97 Å². The Kier molecular flexibility index (Phi) is 35.7. The third-order valence-electron chi connectivity index (χ3n) is 9.59. The zero-order chi connectivity index (χ0) is 40.3. The van der Waals surface area contributed by atoms with Gasteiger partial charge in [0, 0.05) is 5.56 Å². The van der Waals surface area contributed by atoms with Crippen LogP contribution in [-0.4, -0.2) is 56.3 Å². The molecule has 1 aromatic rings. The lowest BCUT2D eigenvalue weighted by Crippen LogP contribution is -2.72. The highest BCUT2D eigenvalue weighted by molar-refractivity contribution is 5.13. The smallest absolute Gasteiger partial charge is 0.327 e. The molecule has 0 spiro atoms. The van der Waals surface area contributed by atoms with Crippen molar-refractivity contribution < 1.29 is 61.2 Å². The first kappa shape index (κ1) is 54.5. The molecular formula is C42H84Cl2N2O7+2. The van der Waals surface area contributed by atoms with Crippen molar-refractivity contribution in [3.8, 4) is 0 Å². The Morgan fingerprint density at radius 2 is 0.679 bits per heavy atom. The van der Waals surface area contributed by atoms with Crippen LogP contribution in [0.3, 0.4) is 0 Å². The van der Waals surface area contributed by atoms with Crippen LogP contribution >= 0.6 is 0 Å². The second-order valence-corrected chi connectivity index (χ2v) is 18.0. The molecule has 0 radical (unpaired) electrons. The Bertz CT molecular complexity index is 813. The highest BCUT2D eigenvalue weighted by Crippen LogP contribution is 2.21. The maximum Gasteiger partial charge on any atom is 0.517 e. The van der Waals surface area contributed by atoms with Crippen LogP contribution in [0.2, 0.25) is 0 Å². The van der Waals surface area contributed by atoms with Crippen molar-refractivity contribution in [3.63, 3.8) is 0 Å². The Balaban J connectivity index is 0. The molecule has 1 aromatic carbocycles. The molecule has 0 aliphatic heterocycles. The lowest BCUT2D eigenvalue weighted by molar-refractivity contribution is -2.08. The third kappa shape index (κ3) is 42.4. The van der Waals surface area contributed by atoms with E-state index in [1.165, 1.54) is 190 Å².